The van der Waals surface area contributed by atoms with Gasteiger partial charge in [0.2, 0.25) is 0 Å². The van der Waals surface area contributed by atoms with Gasteiger partial charge in [0.25, 0.3) is 0 Å². The maximum atomic E-state index is 13.5. The summed E-state index contributed by atoms with van der Waals surface area (Å²) in [6.45, 7) is 1.53. The number of hydrogen-bond acceptors (Lipinski definition) is 2. The maximum absolute atomic E-state index is 13.5. The summed E-state index contributed by atoms with van der Waals surface area (Å²) in [4.78, 5) is 23.6. The van der Waals surface area contributed by atoms with Crippen molar-refractivity contribution in [2.24, 2.45) is 5.92 Å². The Hall–Kier alpha value is -1.63. The van der Waals surface area contributed by atoms with E-state index in [2.05, 4.69) is 21.2 Å². The van der Waals surface area contributed by atoms with Crippen LogP contribution in [0.25, 0.3) is 0 Å². The van der Waals surface area contributed by atoms with E-state index in [0.29, 0.717) is 4.47 Å². The van der Waals surface area contributed by atoms with Crippen molar-refractivity contribution >= 4 is 33.6 Å². The minimum absolute atomic E-state index is 0.0410. The van der Waals surface area contributed by atoms with Crippen LogP contribution in [0.2, 0.25) is 0 Å². The van der Waals surface area contributed by atoms with Crippen molar-refractivity contribution in [3.63, 3.8) is 0 Å². The largest absolute Gasteiger partial charge is 0.481 e. The van der Waals surface area contributed by atoms with Crippen LogP contribution in [0, 0.1) is 11.7 Å². The van der Waals surface area contributed by atoms with Gasteiger partial charge in [-0.05, 0) is 18.2 Å². The first-order chi connectivity index (χ1) is 8.81. The number of carbonyl (C=O) groups is 2. The van der Waals surface area contributed by atoms with Crippen LogP contribution in [-0.4, -0.2) is 35.6 Å². The van der Waals surface area contributed by atoms with Crippen LogP contribution in [0.3, 0.4) is 0 Å². The van der Waals surface area contributed by atoms with Gasteiger partial charge in [-0.1, -0.05) is 22.9 Å². The van der Waals surface area contributed by atoms with Crippen LogP contribution in [0.15, 0.2) is 22.7 Å². The predicted octanol–water partition coefficient (Wildman–Crippen LogP) is 2.77. The van der Waals surface area contributed by atoms with Crippen LogP contribution >= 0.6 is 15.9 Å². The molecule has 0 saturated carbocycles. The van der Waals surface area contributed by atoms with Gasteiger partial charge in [-0.15, -0.1) is 0 Å². The van der Waals surface area contributed by atoms with Crippen LogP contribution in [0.1, 0.15) is 6.92 Å². The molecule has 7 heteroatoms. The summed E-state index contributed by atoms with van der Waals surface area (Å²) in [5.74, 6) is -2.25. The van der Waals surface area contributed by atoms with E-state index in [1.54, 1.807) is 6.07 Å². The zero-order chi connectivity index (χ0) is 14.6. The molecule has 0 radical (unpaired) electrons. The standard InChI is InChI=1S/C12H14BrFN2O3/c1-7(11(17)18)6-16(2)12(19)15-10-4-3-8(13)5-9(10)14/h3-5,7H,6H2,1-2H3,(H,15,19)(H,17,18). The molecule has 0 spiro atoms. The van der Waals surface area contributed by atoms with Crippen molar-refractivity contribution in [3.05, 3.63) is 28.5 Å². The van der Waals surface area contributed by atoms with Gasteiger partial charge in [0.1, 0.15) is 5.82 Å². The summed E-state index contributed by atoms with van der Waals surface area (Å²) in [5.41, 5.74) is 0.0445. The number of rotatable bonds is 4. The van der Waals surface area contributed by atoms with Gasteiger partial charge in [-0.3, -0.25) is 4.79 Å². The molecule has 5 nitrogen and oxygen atoms in total. The number of carboxylic acid groups (broad SMARTS) is 1. The van der Waals surface area contributed by atoms with Crippen LogP contribution in [-0.2, 0) is 4.79 Å². The Morgan fingerprint density at radius 1 is 1.53 bits per heavy atom. The van der Waals surface area contributed by atoms with E-state index in [1.807, 2.05) is 0 Å². The third-order valence-corrected chi connectivity index (χ3v) is 2.98. The van der Waals surface area contributed by atoms with Crippen molar-refractivity contribution in [2.45, 2.75) is 6.92 Å². The molecule has 1 atom stereocenters. The summed E-state index contributed by atoms with van der Waals surface area (Å²) in [5, 5.41) is 11.1. The van der Waals surface area contributed by atoms with Crippen molar-refractivity contribution in [1.29, 1.82) is 0 Å². The lowest BCUT2D eigenvalue weighted by molar-refractivity contribution is -0.141. The summed E-state index contributed by atoms with van der Waals surface area (Å²) in [7, 11) is 1.45. The highest BCUT2D eigenvalue weighted by Gasteiger charge is 2.18. The van der Waals surface area contributed by atoms with Gasteiger partial charge in [0.05, 0.1) is 11.6 Å². The predicted molar refractivity (Wildman–Crippen MR) is 72.5 cm³/mol. The number of hydrogen-bond donors (Lipinski definition) is 2. The van der Waals surface area contributed by atoms with E-state index < -0.39 is 23.7 Å². The zero-order valence-electron chi connectivity index (χ0n) is 10.5. The molecule has 0 bridgehead atoms. The highest BCUT2D eigenvalue weighted by atomic mass is 79.9. The zero-order valence-corrected chi connectivity index (χ0v) is 12.1. The molecule has 0 saturated heterocycles. The van der Waals surface area contributed by atoms with E-state index in [-0.39, 0.29) is 12.2 Å². The molecule has 0 aliphatic carbocycles. The second kappa shape index (κ2) is 6.51. The normalized spacial score (nSPS) is 11.8. The Kier molecular flexibility index (Phi) is 5.29. The average Bonchev–Trinajstić information content (AvgIpc) is 2.32. The van der Waals surface area contributed by atoms with Gasteiger partial charge >= 0.3 is 12.0 Å². The molecule has 0 aliphatic heterocycles. The van der Waals surface area contributed by atoms with E-state index in [9.17, 15) is 14.0 Å². The monoisotopic (exact) mass is 332 g/mol. The van der Waals surface area contributed by atoms with E-state index in [1.165, 1.54) is 31.0 Å². The molecule has 0 heterocycles. The Morgan fingerprint density at radius 2 is 2.16 bits per heavy atom. The highest BCUT2D eigenvalue weighted by molar-refractivity contribution is 9.10. The third kappa shape index (κ3) is 4.51. The van der Waals surface area contributed by atoms with Gasteiger partial charge in [0, 0.05) is 18.1 Å². The summed E-state index contributed by atoms with van der Waals surface area (Å²) < 4.78 is 14.1. The summed E-state index contributed by atoms with van der Waals surface area (Å²) in [6, 6.07) is 3.69. The molecule has 2 amide bonds. The fourth-order valence-electron chi connectivity index (χ4n) is 1.37. The number of urea groups is 1. The lowest BCUT2D eigenvalue weighted by Gasteiger charge is -2.20. The van der Waals surface area contributed by atoms with Gasteiger partial charge in [-0.25, -0.2) is 9.18 Å². The molecule has 1 unspecified atom stereocenters. The number of anilines is 1. The Balaban J connectivity index is 2.66. The number of nitrogens with one attached hydrogen (secondary N) is 1. The number of halogens is 2. The highest BCUT2D eigenvalue weighted by Crippen LogP contribution is 2.19. The minimum atomic E-state index is -0.991. The van der Waals surface area contributed by atoms with E-state index in [0.717, 1.165) is 0 Å². The average molecular weight is 333 g/mol. The summed E-state index contributed by atoms with van der Waals surface area (Å²) >= 11 is 3.11. The first-order valence-electron chi connectivity index (χ1n) is 5.51. The topological polar surface area (TPSA) is 69.6 Å². The third-order valence-electron chi connectivity index (χ3n) is 2.49. The summed E-state index contributed by atoms with van der Waals surface area (Å²) in [6.07, 6.45) is 0. The Morgan fingerprint density at radius 3 is 2.68 bits per heavy atom. The first kappa shape index (κ1) is 15.4. The Labute approximate surface area is 118 Å². The van der Waals surface area contributed by atoms with Crippen molar-refractivity contribution < 1.29 is 19.1 Å². The molecule has 0 aliphatic rings. The second-order valence-corrected chi connectivity index (χ2v) is 5.09. The van der Waals surface area contributed by atoms with Crippen molar-refractivity contribution in [1.82, 2.24) is 4.90 Å². The van der Waals surface area contributed by atoms with Gasteiger partial charge in [0.15, 0.2) is 0 Å². The smallest absolute Gasteiger partial charge is 0.321 e. The molecule has 104 valence electrons. The molecular formula is C12H14BrFN2O3. The SMILES string of the molecule is CC(CN(C)C(=O)Nc1ccc(Br)cc1F)C(=O)O. The lowest BCUT2D eigenvalue weighted by Crippen LogP contribution is -2.36. The number of amides is 2. The number of carbonyl (C=O) groups excluding carboxylic acids is 1. The fraction of sp³-hybridized carbons (Fsp3) is 0.333. The first-order valence-corrected chi connectivity index (χ1v) is 6.30. The van der Waals surface area contributed by atoms with Crippen LogP contribution in [0.5, 0.6) is 0 Å². The van der Waals surface area contributed by atoms with E-state index >= 15 is 0 Å². The fourth-order valence-corrected chi connectivity index (χ4v) is 1.71. The molecule has 0 fully saturated rings. The lowest BCUT2D eigenvalue weighted by atomic mass is 10.2. The van der Waals surface area contributed by atoms with E-state index in [4.69, 9.17) is 5.11 Å². The molecule has 1 aromatic rings. The molecular weight excluding hydrogens is 319 g/mol. The van der Waals surface area contributed by atoms with Crippen LogP contribution < -0.4 is 5.32 Å². The maximum Gasteiger partial charge on any atom is 0.321 e. The second-order valence-electron chi connectivity index (χ2n) is 4.17. The van der Waals surface area contributed by atoms with Crippen molar-refractivity contribution in [3.8, 4) is 0 Å². The molecule has 1 aromatic carbocycles. The molecule has 19 heavy (non-hydrogen) atoms. The molecule has 2 N–H and O–H groups in total. The number of benzene rings is 1. The van der Waals surface area contributed by atoms with Gasteiger partial charge < -0.3 is 15.3 Å². The number of nitrogens with zero attached hydrogens (tertiary/aromatic N) is 1. The molecule has 1 rings (SSSR count). The van der Waals surface area contributed by atoms with Crippen LogP contribution in [0.4, 0.5) is 14.9 Å². The minimum Gasteiger partial charge on any atom is -0.481 e. The number of aliphatic carboxylic acids is 1. The number of carboxylic acids is 1. The van der Waals surface area contributed by atoms with Gasteiger partial charge in [-0.2, -0.15) is 0 Å². The van der Waals surface area contributed by atoms with Crippen molar-refractivity contribution in [2.75, 3.05) is 18.9 Å². The quantitative estimate of drug-likeness (QED) is 0.890. The Bertz CT molecular complexity index is 496. The molecule has 0 aromatic heterocycles.